The molecule has 0 aromatic heterocycles. The lowest BCUT2D eigenvalue weighted by atomic mass is 10.3. The number of carbonyl (C=O) groups is 1. The zero-order chi connectivity index (χ0) is 12.3. The number of nitrogens with one attached hydrogen (secondary N) is 1. The van der Waals surface area contributed by atoms with Gasteiger partial charge in [0.05, 0.1) is 5.69 Å². The average molecular weight is 300 g/mol. The molecule has 1 aromatic carbocycles. The van der Waals surface area contributed by atoms with Crippen molar-refractivity contribution in [3.63, 3.8) is 0 Å². The summed E-state index contributed by atoms with van der Waals surface area (Å²) in [4.78, 5) is 10.3. The van der Waals surface area contributed by atoms with E-state index in [1.54, 1.807) is 5.32 Å². The Bertz CT molecular complexity index is 408. The molecular weight excluding hydrogens is 295 g/mol. The number of carboxylic acid groups (broad SMARTS) is 1. The first-order valence-electron chi connectivity index (χ1n) is 3.83. The van der Waals surface area contributed by atoms with Gasteiger partial charge in [0.1, 0.15) is 0 Å². The number of amides is 1. The third kappa shape index (κ3) is 3.97. The molecule has 0 heterocycles. The third-order valence-electron chi connectivity index (χ3n) is 1.41. The van der Waals surface area contributed by atoms with Gasteiger partial charge in [-0.15, -0.1) is 13.2 Å². The first-order valence-corrected chi connectivity index (χ1v) is 4.62. The Balaban J connectivity index is 3.03. The molecule has 0 saturated carbocycles. The zero-order valence-corrected chi connectivity index (χ0v) is 9.09. The van der Waals surface area contributed by atoms with Gasteiger partial charge in [-0.2, -0.15) is 0 Å². The molecule has 0 unspecified atom stereocenters. The van der Waals surface area contributed by atoms with Gasteiger partial charge >= 0.3 is 12.5 Å². The summed E-state index contributed by atoms with van der Waals surface area (Å²) in [6, 6.07) is 3.55. The predicted molar refractivity (Wildman–Crippen MR) is 52.5 cm³/mol. The maximum atomic E-state index is 12.0. The standard InChI is InChI=1S/C8H5BrF3NO3/c9-4-1-2-5(13-7(14)15)6(3-4)16-8(10,11)12/h1-3,13H,(H,14,15). The van der Waals surface area contributed by atoms with E-state index in [0.29, 0.717) is 4.47 Å². The summed E-state index contributed by atoms with van der Waals surface area (Å²) in [5.74, 6) is -0.621. The summed E-state index contributed by atoms with van der Waals surface area (Å²) in [7, 11) is 0. The Labute approximate surface area is 96.1 Å². The van der Waals surface area contributed by atoms with Gasteiger partial charge in [0.2, 0.25) is 0 Å². The van der Waals surface area contributed by atoms with E-state index in [9.17, 15) is 18.0 Å². The van der Waals surface area contributed by atoms with Crippen molar-refractivity contribution in [1.29, 1.82) is 0 Å². The summed E-state index contributed by atoms with van der Waals surface area (Å²) in [5, 5.41) is 10.2. The fraction of sp³-hybridized carbons (Fsp3) is 0.125. The van der Waals surface area contributed by atoms with E-state index in [2.05, 4.69) is 20.7 Å². The molecule has 0 aliphatic carbocycles. The molecule has 0 fully saturated rings. The number of halogens is 4. The molecular formula is C8H5BrF3NO3. The van der Waals surface area contributed by atoms with Crippen molar-refractivity contribution in [2.24, 2.45) is 0 Å². The van der Waals surface area contributed by atoms with Crippen LogP contribution in [0, 0.1) is 0 Å². The number of anilines is 1. The van der Waals surface area contributed by atoms with Crippen LogP contribution in [-0.2, 0) is 0 Å². The fourth-order valence-corrected chi connectivity index (χ4v) is 1.26. The van der Waals surface area contributed by atoms with E-state index in [-0.39, 0.29) is 5.69 Å². The number of benzene rings is 1. The molecule has 16 heavy (non-hydrogen) atoms. The molecule has 0 bridgehead atoms. The van der Waals surface area contributed by atoms with Gasteiger partial charge in [0, 0.05) is 4.47 Å². The Morgan fingerprint density at radius 1 is 1.44 bits per heavy atom. The Morgan fingerprint density at radius 3 is 2.56 bits per heavy atom. The molecule has 88 valence electrons. The van der Waals surface area contributed by atoms with Crippen molar-refractivity contribution in [3.8, 4) is 5.75 Å². The maximum Gasteiger partial charge on any atom is 0.573 e. The van der Waals surface area contributed by atoms with Crippen molar-refractivity contribution in [2.75, 3.05) is 5.32 Å². The summed E-state index contributed by atoms with van der Waals surface area (Å²) in [6.45, 7) is 0. The molecule has 0 aliphatic heterocycles. The lowest BCUT2D eigenvalue weighted by Crippen LogP contribution is -2.19. The van der Waals surface area contributed by atoms with E-state index >= 15 is 0 Å². The van der Waals surface area contributed by atoms with Crippen LogP contribution < -0.4 is 10.1 Å². The zero-order valence-electron chi connectivity index (χ0n) is 7.51. The van der Waals surface area contributed by atoms with Crippen LogP contribution in [0.15, 0.2) is 22.7 Å². The quantitative estimate of drug-likeness (QED) is 0.879. The highest BCUT2D eigenvalue weighted by molar-refractivity contribution is 9.10. The Kier molecular flexibility index (Phi) is 3.63. The molecule has 0 spiro atoms. The van der Waals surface area contributed by atoms with Crippen LogP contribution >= 0.6 is 15.9 Å². The maximum absolute atomic E-state index is 12.0. The highest BCUT2D eigenvalue weighted by Gasteiger charge is 2.32. The van der Waals surface area contributed by atoms with Crippen molar-refractivity contribution in [2.45, 2.75) is 6.36 Å². The second-order valence-electron chi connectivity index (χ2n) is 2.62. The van der Waals surface area contributed by atoms with Crippen LogP contribution in [-0.4, -0.2) is 17.6 Å². The highest BCUT2D eigenvalue weighted by Crippen LogP contribution is 2.32. The first-order chi connectivity index (χ1) is 7.28. The summed E-state index contributed by atoms with van der Waals surface area (Å²) in [5.41, 5.74) is -0.284. The van der Waals surface area contributed by atoms with Crippen molar-refractivity contribution < 1.29 is 27.8 Å². The van der Waals surface area contributed by atoms with E-state index in [4.69, 9.17) is 5.11 Å². The van der Waals surface area contributed by atoms with Crippen molar-refractivity contribution in [1.82, 2.24) is 0 Å². The number of hydrogen-bond acceptors (Lipinski definition) is 2. The molecule has 1 amide bonds. The smallest absolute Gasteiger partial charge is 0.465 e. The van der Waals surface area contributed by atoms with Crippen LogP contribution in [0.4, 0.5) is 23.7 Å². The Hall–Kier alpha value is -1.44. The number of hydrogen-bond donors (Lipinski definition) is 2. The highest BCUT2D eigenvalue weighted by atomic mass is 79.9. The summed E-state index contributed by atoms with van der Waals surface area (Å²) >= 11 is 2.95. The monoisotopic (exact) mass is 299 g/mol. The van der Waals surface area contributed by atoms with Gasteiger partial charge in [-0.3, -0.25) is 5.32 Å². The van der Waals surface area contributed by atoms with Crippen molar-refractivity contribution in [3.05, 3.63) is 22.7 Å². The molecule has 0 radical (unpaired) electrons. The van der Waals surface area contributed by atoms with Crippen LogP contribution in [0.3, 0.4) is 0 Å². The van der Waals surface area contributed by atoms with E-state index in [1.165, 1.54) is 6.07 Å². The number of rotatable bonds is 2. The number of alkyl halides is 3. The van der Waals surface area contributed by atoms with Gasteiger partial charge in [-0.05, 0) is 18.2 Å². The molecule has 0 aliphatic rings. The summed E-state index contributed by atoms with van der Waals surface area (Å²) < 4.78 is 39.9. The molecule has 4 nitrogen and oxygen atoms in total. The van der Waals surface area contributed by atoms with E-state index in [0.717, 1.165) is 12.1 Å². The number of ether oxygens (including phenoxy) is 1. The summed E-state index contributed by atoms with van der Waals surface area (Å²) in [6.07, 6.45) is -6.36. The van der Waals surface area contributed by atoms with E-state index in [1.807, 2.05) is 0 Å². The minimum absolute atomic E-state index is 0.284. The predicted octanol–water partition coefficient (Wildman–Crippen LogP) is 3.44. The minimum atomic E-state index is -4.88. The normalized spacial score (nSPS) is 11.0. The van der Waals surface area contributed by atoms with E-state index < -0.39 is 18.2 Å². The fourth-order valence-electron chi connectivity index (χ4n) is 0.924. The largest absolute Gasteiger partial charge is 0.573 e. The molecule has 0 saturated heterocycles. The van der Waals surface area contributed by atoms with Gasteiger partial charge in [0.15, 0.2) is 5.75 Å². The van der Waals surface area contributed by atoms with Crippen molar-refractivity contribution >= 4 is 27.7 Å². The average Bonchev–Trinajstić information content (AvgIpc) is 2.06. The van der Waals surface area contributed by atoms with Gasteiger partial charge in [-0.1, -0.05) is 15.9 Å². The van der Waals surface area contributed by atoms with Crippen LogP contribution in [0.1, 0.15) is 0 Å². The van der Waals surface area contributed by atoms with Gasteiger partial charge in [0.25, 0.3) is 0 Å². The minimum Gasteiger partial charge on any atom is -0.465 e. The SMILES string of the molecule is O=C(O)Nc1ccc(Br)cc1OC(F)(F)F. The topological polar surface area (TPSA) is 58.6 Å². The molecule has 0 atom stereocenters. The van der Waals surface area contributed by atoms with Crippen LogP contribution in [0.25, 0.3) is 0 Å². The van der Waals surface area contributed by atoms with Crippen LogP contribution in [0.5, 0.6) is 5.75 Å². The lowest BCUT2D eigenvalue weighted by Gasteiger charge is -2.13. The molecule has 1 rings (SSSR count). The first kappa shape index (κ1) is 12.6. The van der Waals surface area contributed by atoms with Gasteiger partial charge < -0.3 is 9.84 Å². The van der Waals surface area contributed by atoms with Gasteiger partial charge in [-0.25, -0.2) is 4.79 Å². The molecule has 2 N–H and O–H groups in total. The second kappa shape index (κ2) is 4.60. The molecule has 8 heteroatoms. The second-order valence-corrected chi connectivity index (χ2v) is 3.53. The lowest BCUT2D eigenvalue weighted by molar-refractivity contribution is -0.274. The third-order valence-corrected chi connectivity index (χ3v) is 1.90. The Morgan fingerprint density at radius 2 is 2.06 bits per heavy atom. The van der Waals surface area contributed by atoms with Crippen LogP contribution in [0.2, 0.25) is 0 Å². The molecule has 1 aromatic rings.